The van der Waals surface area contributed by atoms with Gasteiger partial charge in [0.05, 0.1) is 12.7 Å². The number of rotatable bonds is 4. The van der Waals surface area contributed by atoms with Crippen LogP contribution in [0.1, 0.15) is 60.3 Å². The molecule has 0 aromatic rings. The summed E-state index contributed by atoms with van der Waals surface area (Å²) in [5.74, 6) is -0.388. The summed E-state index contributed by atoms with van der Waals surface area (Å²) in [6.45, 7) is 13.5. The average Bonchev–Trinajstić information content (AvgIpc) is 2.51. The van der Waals surface area contributed by atoms with Gasteiger partial charge in [-0.1, -0.05) is 12.2 Å². The molecule has 0 aromatic carbocycles. The Kier molecular flexibility index (Phi) is 7.93. The summed E-state index contributed by atoms with van der Waals surface area (Å²) in [5.41, 5.74) is 0.356. The van der Waals surface area contributed by atoms with Gasteiger partial charge in [0.25, 0.3) is 0 Å². The molecule has 0 aromatic heterocycles. The average molecular weight is 355 g/mol. The number of hydrogen-bond acceptors (Lipinski definition) is 5. The second kappa shape index (κ2) is 9.22. The van der Waals surface area contributed by atoms with Crippen molar-refractivity contribution in [2.45, 2.75) is 84.2 Å². The highest BCUT2D eigenvalue weighted by Gasteiger charge is 2.33. The SMILES string of the molecule is C=C(C)COC1CCC[C@H](N(C)C(=O)OC(C)(C)C)C(=O)OC(C)C1. The first-order chi connectivity index (χ1) is 11.5. The predicted octanol–water partition coefficient (Wildman–Crippen LogP) is 3.69. The number of hydrogen-bond donors (Lipinski definition) is 0. The van der Waals surface area contributed by atoms with E-state index in [1.165, 1.54) is 4.90 Å². The summed E-state index contributed by atoms with van der Waals surface area (Å²) in [6.07, 6.45) is 1.97. The number of amides is 1. The number of carbonyl (C=O) groups is 2. The zero-order chi connectivity index (χ0) is 19.2. The molecule has 6 nitrogen and oxygen atoms in total. The number of esters is 1. The molecule has 1 heterocycles. The molecule has 144 valence electrons. The maximum atomic E-state index is 12.5. The highest BCUT2D eigenvalue weighted by Crippen LogP contribution is 2.22. The molecule has 0 spiro atoms. The van der Waals surface area contributed by atoms with Gasteiger partial charge in [-0.2, -0.15) is 0 Å². The van der Waals surface area contributed by atoms with E-state index in [0.717, 1.165) is 18.4 Å². The van der Waals surface area contributed by atoms with Crippen molar-refractivity contribution in [1.82, 2.24) is 4.90 Å². The van der Waals surface area contributed by atoms with Gasteiger partial charge in [-0.25, -0.2) is 9.59 Å². The third-order valence-corrected chi connectivity index (χ3v) is 3.90. The van der Waals surface area contributed by atoms with Crippen molar-refractivity contribution >= 4 is 12.1 Å². The van der Waals surface area contributed by atoms with Gasteiger partial charge in [0.15, 0.2) is 0 Å². The lowest BCUT2D eigenvalue weighted by molar-refractivity contribution is -0.155. The van der Waals surface area contributed by atoms with Crippen LogP contribution in [0.25, 0.3) is 0 Å². The maximum Gasteiger partial charge on any atom is 0.410 e. The third kappa shape index (κ3) is 7.90. The van der Waals surface area contributed by atoms with Crippen molar-refractivity contribution in [2.75, 3.05) is 13.7 Å². The number of ether oxygens (including phenoxy) is 3. The first-order valence-electron chi connectivity index (χ1n) is 8.92. The van der Waals surface area contributed by atoms with E-state index in [4.69, 9.17) is 14.2 Å². The van der Waals surface area contributed by atoms with E-state index in [9.17, 15) is 9.59 Å². The van der Waals surface area contributed by atoms with Gasteiger partial charge in [-0.05, 0) is 53.9 Å². The number of nitrogens with zero attached hydrogens (tertiary/aromatic N) is 1. The molecular formula is C19H33NO5. The Hall–Kier alpha value is -1.56. The van der Waals surface area contributed by atoms with Crippen LogP contribution in [0.2, 0.25) is 0 Å². The van der Waals surface area contributed by atoms with Crippen LogP contribution >= 0.6 is 0 Å². The first kappa shape index (κ1) is 21.5. The van der Waals surface area contributed by atoms with E-state index < -0.39 is 17.7 Å². The molecule has 25 heavy (non-hydrogen) atoms. The van der Waals surface area contributed by atoms with Crippen molar-refractivity contribution in [1.29, 1.82) is 0 Å². The second-order valence-corrected chi connectivity index (χ2v) is 7.91. The molecule has 0 saturated carbocycles. The van der Waals surface area contributed by atoms with Crippen LogP contribution in [0.15, 0.2) is 12.2 Å². The lowest BCUT2D eigenvalue weighted by Crippen LogP contribution is -2.46. The molecule has 0 N–H and O–H groups in total. The predicted molar refractivity (Wildman–Crippen MR) is 96.4 cm³/mol. The lowest BCUT2D eigenvalue weighted by atomic mass is 10.0. The fourth-order valence-corrected chi connectivity index (χ4v) is 2.69. The molecule has 0 radical (unpaired) electrons. The van der Waals surface area contributed by atoms with Crippen LogP contribution in [0.5, 0.6) is 0 Å². The topological polar surface area (TPSA) is 65.1 Å². The van der Waals surface area contributed by atoms with Crippen LogP contribution in [0, 0.1) is 0 Å². The number of carbonyl (C=O) groups excluding carboxylic acids is 2. The number of cyclic esters (lactones) is 1. The molecular weight excluding hydrogens is 322 g/mol. The Balaban J connectivity index is 2.75. The Morgan fingerprint density at radius 1 is 1.36 bits per heavy atom. The van der Waals surface area contributed by atoms with Gasteiger partial charge in [0.2, 0.25) is 0 Å². The van der Waals surface area contributed by atoms with Crippen LogP contribution in [0.4, 0.5) is 4.79 Å². The molecule has 0 bridgehead atoms. The van der Waals surface area contributed by atoms with Crippen LogP contribution in [-0.2, 0) is 19.0 Å². The first-order valence-corrected chi connectivity index (χ1v) is 8.92. The minimum Gasteiger partial charge on any atom is -0.461 e. The summed E-state index contributed by atoms with van der Waals surface area (Å²) in [6, 6.07) is -0.641. The highest BCUT2D eigenvalue weighted by molar-refractivity contribution is 5.81. The van der Waals surface area contributed by atoms with Crippen molar-refractivity contribution < 1.29 is 23.8 Å². The van der Waals surface area contributed by atoms with E-state index in [2.05, 4.69) is 6.58 Å². The van der Waals surface area contributed by atoms with E-state index >= 15 is 0 Å². The van der Waals surface area contributed by atoms with Gasteiger partial charge in [0, 0.05) is 13.5 Å². The van der Waals surface area contributed by atoms with E-state index in [1.54, 1.807) is 27.8 Å². The molecule has 1 aliphatic heterocycles. The monoisotopic (exact) mass is 355 g/mol. The van der Waals surface area contributed by atoms with Crippen molar-refractivity contribution in [2.24, 2.45) is 0 Å². The molecule has 1 saturated heterocycles. The smallest absolute Gasteiger partial charge is 0.410 e. The van der Waals surface area contributed by atoms with Crippen LogP contribution < -0.4 is 0 Å². The summed E-state index contributed by atoms with van der Waals surface area (Å²) >= 11 is 0. The van der Waals surface area contributed by atoms with E-state index in [-0.39, 0.29) is 18.2 Å². The quantitative estimate of drug-likeness (QED) is 0.568. The Morgan fingerprint density at radius 3 is 2.56 bits per heavy atom. The fraction of sp³-hybridized carbons (Fsp3) is 0.789. The van der Waals surface area contributed by atoms with E-state index in [0.29, 0.717) is 19.4 Å². The molecule has 0 aliphatic carbocycles. The Bertz CT molecular complexity index is 483. The number of likely N-dealkylation sites (N-methyl/N-ethyl adjacent to an activating group) is 1. The molecule has 1 fully saturated rings. The van der Waals surface area contributed by atoms with Gasteiger partial charge >= 0.3 is 12.1 Å². The highest BCUT2D eigenvalue weighted by atomic mass is 16.6. The summed E-state index contributed by atoms with van der Waals surface area (Å²) in [4.78, 5) is 26.1. The zero-order valence-corrected chi connectivity index (χ0v) is 16.5. The van der Waals surface area contributed by atoms with Gasteiger partial charge in [-0.3, -0.25) is 4.90 Å². The van der Waals surface area contributed by atoms with Crippen LogP contribution in [-0.4, -0.2) is 54.5 Å². The van der Waals surface area contributed by atoms with Crippen LogP contribution in [0.3, 0.4) is 0 Å². The fourth-order valence-electron chi connectivity index (χ4n) is 2.69. The summed E-state index contributed by atoms with van der Waals surface area (Å²) in [7, 11) is 1.58. The van der Waals surface area contributed by atoms with E-state index in [1.807, 2.05) is 13.8 Å². The summed E-state index contributed by atoms with van der Waals surface area (Å²) < 4.78 is 16.7. The normalized spacial score (nSPS) is 25.2. The largest absolute Gasteiger partial charge is 0.461 e. The standard InChI is InChI=1S/C19H33NO5/c1-13(2)12-23-15-9-8-10-16(17(21)24-14(3)11-15)20(7)18(22)25-19(4,5)6/h14-16H,1,8-12H2,2-7H3/t14?,15?,16-/m0/s1. The van der Waals surface area contributed by atoms with Gasteiger partial charge in [0.1, 0.15) is 17.7 Å². The third-order valence-electron chi connectivity index (χ3n) is 3.90. The molecule has 1 rings (SSSR count). The van der Waals surface area contributed by atoms with Gasteiger partial charge in [-0.15, -0.1) is 0 Å². The minimum atomic E-state index is -0.641. The minimum absolute atomic E-state index is 0.0186. The Morgan fingerprint density at radius 2 is 2.00 bits per heavy atom. The molecule has 1 aliphatic rings. The van der Waals surface area contributed by atoms with Crippen molar-refractivity contribution in [3.05, 3.63) is 12.2 Å². The van der Waals surface area contributed by atoms with Crippen molar-refractivity contribution in [3.8, 4) is 0 Å². The van der Waals surface area contributed by atoms with Crippen molar-refractivity contribution in [3.63, 3.8) is 0 Å². The maximum absolute atomic E-state index is 12.5. The zero-order valence-electron chi connectivity index (χ0n) is 16.5. The van der Waals surface area contributed by atoms with Gasteiger partial charge < -0.3 is 14.2 Å². The summed E-state index contributed by atoms with van der Waals surface area (Å²) in [5, 5.41) is 0. The Labute approximate surface area is 151 Å². The molecule has 2 unspecified atom stereocenters. The lowest BCUT2D eigenvalue weighted by Gasteiger charge is -2.29. The molecule has 6 heteroatoms. The molecule has 3 atom stereocenters. The second-order valence-electron chi connectivity index (χ2n) is 7.91. The molecule has 1 amide bonds.